The molecule has 0 aliphatic heterocycles. The van der Waals surface area contributed by atoms with E-state index < -0.39 is 0 Å². The number of hydrogen-bond donors (Lipinski definition) is 0. The Kier molecular flexibility index (Phi) is 3.22. The van der Waals surface area contributed by atoms with Gasteiger partial charge in [0, 0.05) is 10.9 Å². The van der Waals surface area contributed by atoms with Crippen molar-refractivity contribution >= 4 is 11.6 Å². The van der Waals surface area contributed by atoms with Crippen molar-refractivity contribution in [2.45, 2.75) is 12.8 Å². The van der Waals surface area contributed by atoms with Crippen molar-refractivity contribution < 1.29 is 4.74 Å². The zero-order chi connectivity index (χ0) is 9.84. The number of hydrogen-bond acceptors (Lipinski definition) is 1. The predicted octanol–water partition coefficient (Wildman–Crippen LogP) is 3.09. The fraction of sp³-hybridized carbons (Fsp3) is 0.273. The Bertz CT molecular complexity index is 338. The van der Waals surface area contributed by atoms with Crippen molar-refractivity contribution in [2.24, 2.45) is 0 Å². The lowest BCUT2D eigenvalue weighted by Crippen LogP contribution is -1.91. The number of methoxy groups -OCH3 is 1. The van der Waals surface area contributed by atoms with Gasteiger partial charge in [0.1, 0.15) is 5.75 Å². The van der Waals surface area contributed by atoms with Gasteiger partial charge in [0.25, 0.3) is 0 Å². The average molecular weight is 195 g/mol. The first-order valence-corrected chi connectivity index (χ1v) is 4.36. The summed E-state index contributed by atoms with van der Waals surface area (Å²) in [6.07, 6.45) is 5.30. The molecule has 1 aromatic rings. The van der Waals surface area contributed by atoms with Gasteiger partial charge in [-0.1, -0.05) is 23.6 Å². The standard InChI is InChI=1S/C11H11ClO/c1-4-8(2)10-6-5-9(13-3)7-11(10)12/h1,5-8H,2-3H3. The Balaban J connectivity index is 3.06. The lowest BCUT2D eigenvalue weighted by atomic mass is 10.0. The van der Waals surface area contributed by atoms with Crippen LogP contribution in [0.5, 0.6) is 5.75 Å². The molecule has 0 aromatic heterocycles. The van der Waals surface area contributed by atoms with E-state index in [-0.39, 0.29) is 5.92 Å². The molecule has 0 aliphatic carbocycles. The van der Waals surface area contributed by atoms with Crippen LogP contribution < -0.4 is 4.74 Å². The van der Waals surface area contributed by atoms with Crippen LogP contribution in [0.3, 0.4) is 0 Å². The Morgan fingerprint density at radius 2 is 2.23 bits per heavy atom. The fourth-order valence-electron chi connectivity index (χ4n) is 1.08. The van der Waals surface area contributed by atoms with Gasteiger partial charge in [-0.05, 0) is 24.6 Å². The molecular weight excluding hydrogens is 184 g/mol. The van der Waals surface area contributed by atoms with E-state index in [9.17, 15) is 0 Å². The van der Waals surface area contributed by atoms with E-state index in [0.717, 1.165) is 11.3 Å². The molecule has 1 aromatic carbocycles. The van der Waals surface area contributed by atoms with Crippen molar-refractivity contribution in [1.82, 2.24) is 0 Å². The second kappa shape index (κ2) is 4.20. The number of ether oxygens (including phenoxy) is 1. The molecule has 1 nitrogen and oxygen atoms in total. The highest BCUT2D eigenvalue weighted by atomic mass is 35.5. The first kappa shape index (κ1) is 9.95. The van der Waals surface area contributed by atoms with Crippen molar-refractivity contribution in [1.29, 1.82) is 0 Å². The van der Waals surface area contributed by atoms with Gasteiger partial charge in [0.05, 0.1) is 7.11 Å². The van der Waals surface area contributed by atoms with Gasteiger partial charge in [0.15, 0.2) is 0 Å². The molecule has 0 saturated carbocycles. The highest BCUT2D eigenvalue weighted by Crippen LogP contribution is 2.27. The molecule has 13 heavy (non-hydrogen) atoms. The molecule has 0 saturated heterocycles. The molecule has 0 heterocycles. The van der Waals surface area contributed by atoms with Crippen LogP contribution in [0, 0.1) is 12.3 Å². The first-order valence-electron chi connectivity index (χ1n) is 3.98. The van der Waals surface area contributed by atoms with E-state index >= 15 is 0 Å². The molecule has 68 valence electrons. The number of halogens is 1. The minimum atomic E-state index is 0.0402. The highest BCUT2D eigenvalue weighted by molar-refractivity contribution is 6.31. The smallest absolute Gasteiger partial charge is 0.120 e. The molecule has 0 radical (unpaired) electrons. The molecule has 0 fully saturated rings. The largest absolute Gasteiger partial charge is 0.497 e. The molecule has 0 amide bonds. The highest BCUT2D eigenvalue weighted by Gasteiger charge is 2.07. The predicted molar refractivity (Wildman–Crippen MR) is 55.3 cm³/mol. The molecule has 2 heteroatoms. The summed E-state index contributed by atoms with van der Waals surface area (Å²) in [6, 6.07) is 5.52. The molecule has 1 atom stereocenters. The number of benzene rings is 1. The quantitative estimate of drug-likeness (QED) is 0.658. The van der Waals surface area contributed by atoms with Crippen LogP contribution in [0.15, 0.2) is 18.2 Å². The molecule has 0 bridgehead atoms. The maximum atomic E-state index is 6.01. The van der Waals surface area contributed by atoms with E-state index in [1.165, 1.54) is 0 Å². The lowest BCUT2D eigenvalue weighted by molar-refractivity contribution is 0.414. The summed E-state index contributed by atoms with van der Waals surface area (Å²) in [7, 11) is 1.61. The van der Waals surface area contributed by atoms with Gasteiger partial charge < -0.3 is 4.74 Å². The zero-order valence-corrected chi connectivity index (χ0v) is 8.43. The van der Waals surface area contributed by atoms with Crippen molar-refractivity contribution in [3.8, 4) is 18.1 Å². The van der Waals surface area contributed by atoms with Gasteiger partial charge in [-0.3, -0.25) is 0 Å². The van der Waals surface area contributed by atoms with E-state index in [4.69, 9.17) is 22.8 Å². The molecule has 0 aliphatic rings. The van der Waals surface area contributed by atoms with Gasteiger partial charge >= 0.3 is 0 Å². The van der Waals surface area contributed by atoms with Crippen LogP contribution >= 0.6 is 11.6 Å². The number of rotatable bonds is 2. The SMILES string of the molecule is C#CC(C)c1ccc(OC)cc1Cl. The minimum Gasteiger partial charge on any atom is -0.497 e. The molecule has 1 rings (SSSR count). The lowest BCUT2D eigenvalue weighted by Gasteiger charge is -2.08. The van der Waals surface area contributed by atoms with Crippen molar-refractivity contribution in [3.05, 3.63) is 28.8 Å². The number of terminal acetylenes is 1. The third-order valence-corrected chi connectivity index (χ3v) is 2.25. The van der Waals surface area contributed by atoms with Crippen LogP contribution in [0.25, 0.3) is 0 Å². The summed E-state index contributed by atoms with van der Waals surface area (Å²) in [6.45, 7) is 1.94. The van der Waals surface area contributed by atoms with Gasteiger partial charge in [0.2, 0.25) is 0 Å². The van der Waals surface area contributed by atoms with Gasteiger partial charge in [-0.15, -0.1) is 6.42 Å². The zero-order valence-electron chi connectivity index (χ0n) is 7.67. The normalized spacial score (nSPS) is 11.8. The summed E-state index contributed by atoms with van der Waals surface area (Å²) in [5, 5.41) is 0.657. The summed E-state index contributed by atoms with van der Waals surface area (Å²) >= 11 is 6.01. The van der Waals surface area contributed by atoms with E-state index in [2.05, 4.69) is 5.92 Å². The second-order valence-electron chi connectivity index (χ2n) is 2.78. The Morgan fingerprint density at radius 1 is 1.54 bits per heavy atom. The van der Waals surface area contributed by atoms with Crippen molar-refractivity contribution in [3.63, 3.8) is 0 Å². The minimum absolute atomic E-state index is 0.0402. The maximum Gasteiger partial charge on any atom is 0.120 e. The van der Waals surface area contributed by atoms with E-state index in [1.807, 2.05) is 19.1 Å². The Hall–Kier alpha value is -1.13. The van der Waals surface area contributed by atoms with Gasteiger partial charge in [-0.25, -0.2) is 0 Å². The molecule has 0 spiro atoms. The van der Waals surface area contributed by atoms with E-state index in [0.29, 0.717) is 5.02 Å². The third kappa shape index (κ3) is 2.17. The Morgan fingerprint density at radius 3 is 2.69 bits per heavy atom. The monoisotopic (exact) mass is 194 g/mol. The summed E-state index contributed by atoms with van der Waals surface area (Å²) < 4.78 is 5.03. The Labute approximate surface area is 83.7 Å². The second-order valence-corrected chi connectivity index (χ2v) is 3.18. The van der Waals surface area contributed by atoms with Crippen molar-refractivity contribution in [2.75, 3.05) is 7.11 Å². The van der Waals surface area contributed by atoms with Crippen LogP contribution in [0.2, 0.25) is 5.02 Å². The summed E-state index contributed by atoms with van der Waals surface area (Å²) in [5.41, 5.74) is 0.963. The van der Waals surface area contributed by atoms with Gasteiger partial charge in [-0.2, -0.15) is 0 Å². The third-order valence-electron chi connectivity index (χ3n) is 1.92. The molecular formula is C11H11ClO. The maximum absolute atomic E-state index is 6.01. The summed E-state index contributed by atoms with van der Waals surface area (Å²) in [5.74, 6) is 3.42. The topological polar surface area (TPSA) is 9.23 Å². The molecule has 1 unspecified atom stereocenters. The average Bonchev–Trinajstić information content (AvgIpc) is 2.16. The van der Waals surface area contributed by atoms with Crippen LogP contribution in [-0.2, 0) is 0 Å². The first-order chi connectivity index (χ1) is 6.19. The van der Waals surface area contributed by atoms with E-state index in [1.54, 1.807) is 13.2 Å². The van der Waals surface area contributed by atoms with Crippen LogP contribution in [0.4, 0.5) is 0 Å². The summed E-state index contributed by atoms with van der Waals surface area (Å²) in [4.78, 5) is 0. The van der Waals surface area contributed by atoms with Crippen LogP contribution in [-0.4, -0.2) is 7.11 Å². The fourth-order valence-corrected chi connectivity index (χ4v) is 1.41. The molecule has 0 N–H and O–H groups in total. The van der Waals surface area contributed by atoms with Crippen LogP contribution in [0.1, 0.15) is 18.4 Å².